The van der Waals surface area contributed by atoms with Gasteiger partial charge in [-0.15, -0.1) is 0 Å². The standard InChI is InChI=1S/C16H13F2N3O.C14H17Cl2N3O/c17-13-7-5-12(6-8-13)16(22,9-21-11-19-10-20-21)14-3-1-2-4-15(14)18;1-2-3-6-14(20,8-19-10-17-9-18-19)12-5-4-11(15)7-13(12)16/h1-8,10-11,22H,9H2;4-5,7,9-10,20H,2-3,6,8H2,1H3. The fraction of sp³-hybridized carbons (Fsp3) is 0.267. The zero-order chi connectivity index (χ0) is 30.2. The van der Waals surface area contributed by atoms with Gasteiger partial charge in [0.15, 0.2) is 0 Å². The molecule has 12 heteroatoms. The average molecular weight is 616 g/mol. The molecule has 2 heterocycles. The van der Waals surface area contributed by atoms with Gasteiger partial charge in [-0.25, -0.2) is 28.1 Å². The van der Waals surface area contributed by atoms with Gasteiger partial charge in [0, 0.05) is 21.2 Å². The molecule has 0 bridgehead atoms. The van der Waals surface area contributed by atoms with E-state index in [1.807, 2.05) is 0 Å². The molecule has 5 rings (SSSR count). The van der Waals surface area contributed by atoms with Crippen LogP contribution < -0.4 is 0 Å². The molecule has 0 fully saturated rings. The Labute approximate surface area is 252 Å². The molecule has 0 amide bonds. The number of hydrogen-bond acceptors (Lipinski definition) is 6. The first-order chi connectivity index (χ1) is 20.1. The van der Waals surface area contributed by atoms with E-state index in [0.717, 1.165) is 12.8 Å². The Morgan fingerprint density at radius 1 is 0.810 bits per heavy atom. The van der Waals surface area contributed by atoms with Crippen LogP contribution in [-0.2, 0) is 24.3 Å². The summed E-state index contributed by atoms with van der Waals surface area (Å²) in [7, 11) is 0. The Kier molecular flexibility index (Phi) is 10.4. The first-order valence-corrected chi connectivity index (χ1v) is 14.0. The zero-order valence-corrected chi connectivity index (χ0v) is 24.3. The minimum atomic E-state index is -1.69. The fourth-order valence-electron chi connectivity index (χ4n) is 4.62. The summed E-state index contributed by atoms with van der Waals surface area (Å²) in [5, 5.41) is 31.2. The lowest BCUT2D eigenvalue weighted by Gasteiger charge is -2.29. The summed E-state index contributed by atoms with van der Waals surface area (Å²) in [6, 6.07) is 16.4. The number of unbranched alkanes of at least 4 members (excludes halogenated alkanes) is 1. The molecule has 0 aliphatic carbocycles. The van der Waals surface area contributed by atoms with Gasteiger partial charge in [-0.05, 0) is 42.3 Å². The van der Waals surface area contributed by atoms with E-state index in [9.17, 15) is 19.0 Å². The molecule has 5 aromatic rings. The van der Waals surface area contributed by atoms with Crippen molar-refractivity contribution in [1.29, 1.82) is 0 Å². The topological polar surface area (TPSA) is 102 Å². The minimum Gasteiger partial charge on any atom is -0.383 e. The van der Waals surface area contributed by atoms with Crippen LogP contribution in [0.3, 0.4) is 0 Å². The van der Waals surface area contributed by atoms with Gasteiger partial charge in [-0.1, -0.05) is 79.4 Å². The molecule has 0 radical (unpaired) electrons. The van der Waals surface area contributed by atoms with Gasteiger partial charge in [0.05, 0.1) is 13.1 Å². The number of halogens is 4. The van der Waals surface area contributed by atoms with Gasteiger partial charge >= 0.3 is 0 Å². The van der Waals surface area contributed by atoms with Crippen molar-refractivity contribution < 1.29 is 19.0 Å². The van der Waals surface area contributed by atoms with E-state index in [0.29, 0.717) is 34.1 Å². The van der Waals surface area contributed by atoms with Gasteiger partial charge in [0.2, 0.25) is 0 Å². The van der Waals surface area contributed by atoms with Crippen molar-refractivity contribution >= 4 is 23.2 Å². The van der Waals surface area contributed by atoms with Crippen LogP contribution in [0.5, 0.6) is 0 Å². The summed E-state index contributed by atoms with van der Waals surface area (Å²) in [5.41, 5.74) is -1.63. The SMILES string of the molecule is CCCCC(O)(Cn1cncn1)c1ccc(Cl)cc1Cl.OC(Cn1cncn1)(c1ccc(F)cc1)c1ccccc1F. The monoisotopic (exact) mass is 614 g/mol. The summed E-state index contributed by atoms with van der Waals surface area (Å²) in [5.74, 6) is -0.977. The summed E-state index contributed by atoms with van der Waals surface area (Å²) >= 11 is 12.2. The van der Waals surface area contributed by atoms with E-state index in [4.69, 9.17) is 23.2 Å². The molecule has 2 N–H and O–H groups in total. The van der Waals surface area contributed by atoms with Gasteiger partial charge < -0.3 is 10.2 Å². The molecular weight excluding hydrogens is 585 g/mol. The highest BCUT2D eigenvalue weighted by molar-refractivity contribution is 6.35. The molecule has 220 valence electrons. The Morgan fingerprint density at radius 3 is 2.02 bits per heavy atom. The summed E-state index contributed by atoms with van der Waals surface area (Å²) in [6.45, 7) is 2.35. The van der Waals surface area contributed by atoms with Crippen LogP contribution in [0, 0.1) is 11.6 Å². The molecule has 2 aromatic heterocycles. The van der Waals surface area contributed by atoms with Crippen molar-refractivity contribution in [3.8, 4) is 0 Å². The predicted molar refractivity (Wildman–Crippen MR) is 156 cm³/mol. The van der Waals surface area contributed by atoms with Crippen molar-refractivity contribution in [2.75, 3.05) is 0 Å². The molecule has 42 heavy (non-hydrogen) atoms. The molecule has 0 spiro atoms. The lowest BCUT2D eigenvalue weighted by atomic mass is 9.86. The average Bonchev–Trinajstić information content (AvgIpc) is 3.67. The molecular formula is C30H30Cl2F2N6O2. The third kappa shape index (κ3) is 7.57. The van der Waals surface area contributed by atoms with Crippen molar-refractivity contribution in [3.63, 3.8) is 0 Å². The smallest absolute Gasteiger partial charge is 0.137 e. The quantitative estimate of drug-likeness (QED) is 0.195. The van der Waals surface area contributed by atoms with Crippen LogP contribution in [0.25, 0.3) is 0 Å². The summed E-state index contributed by atoms with van der Waals surface area (Å²) in [4.78, 5) is 7.72. The molecule has 2 atom stereocenters. The normalized spacial score (nSPS) is 14.0. The summed E-state index contributed by atoms with van der Waals surface area (Å²) < 4.78 is 30.4. The van der Waals surface area contributed by atoms with E-state index < -0.39 is 22.8 Å². The van der Waals surface area contributed by atoms with Gasteiger partial charge in [0.25, 0.3) is 0 Å². The highest BCUT2D eigenvalue weighted by Gasteiger charge is 2.35. The molecule has 3 aromatic carbocycles. The number of aromatic nitrogens is 6. The van der Waals surface area contributed by atoms with Crippen LogP contribution in [-0.4, -0.2) is 39.7 Å². The van der Waals surface area contributed by atoms with Crippen molar-refractivity contribution in [1.82, 2.24) is 29.5 Å². The lowest BCUT2D eigenvalue weighted by Crippen LogP contribution is -2.34. The van der Waals surface area contributed by atoms with E-state index >= 15 is 0 Å². The van der Waals surface area contributed by atoms with Crippen molar-refractivity contribution in [2.45, 2.75) is 50.5 Å². The predicted octanol–water partition coefficient (Wildman–Crippen LogP) is 6.16. The molecule has 2 unspecified atom stereocenters. The largest absolute Gasteiger partial charge is 0.383 e. The number of rotatable bonds is 10. The number of aliphatic hydroxyl groups is 2. The number of benzene rings is 3. The first-order valence-electron chi connectivity index (χ1n) is 13.2. The van der Waals surface area contributed by atoms with Crippen LogP contribution in [0.15, 0.2) is 92.0 Å². The molecule has 8 nitrogen and oxygen atoms in total. The maximum Gasteiger partial charge on any atom is 0.137 e. The highest BCUT2D eigenvalue weighted by Crippen LogP contribution is 2.36. The highest BCUT2D eigenvalue weighted by atomic mass is 35.5. The number of hydrogen-bond donors (Lipinski definition) is 2. The molecule has 0 saturated heterocycles. The number of nitrogens with zero attached hydrogens (tertiary/aromatic N) is 6. The molecule has 0 aliphatic rings. The third-order valence-electron chi connectivity index (χ3n) is 6.77. The van der Waals surface area contributed by atoms with Crippen LogP contribution in [0.1, 0.15) is 42.9 Å². The van der Waals surface area contributed by atoms with Crippen molar-refractivity contribution in [3.05, 3.63) is 130 Å². The fourth-order valence-corrected chi connectivity index (χ4v) is 5.20. The second kappa shape index (κ2) is 14.0. The maximum atomic E-state index is 14.2. The second-order valence-corrected chi connectivity index (χ2v) is 10.6. The molecule has 0 aliphatic heterocycles. The van der Waals surface area contributed by atoms with E-state index in [2.05, 4.69) is 27.1 Å². The van der Waals surface area contributed by atoms with E-state index in [1.54, 1.807) is 41.3 Å². The Morgan fingerprint density at radius 2 is 1.45 bits per heavy atom. The van der Waals surface area contributed by atoms with E-state index in [1.165, 1.54) is 60.1 Å². The Balaban J connectivity index is 0.000000194. The zero-order valence-electron chi connectivity index (χ0n) is 22.8. The molecule has 0 saturated carbocycles. The Hall–Kier alpha value is -3.70. The summed E-state index contributed by atoms with van der Waals surface area (Å²) in [6.07, 6.45) is 8.27. The van der Waals surface area contributed by atoms with Crippen molar-refractivity contribution in [2.24, 2.45) is 0 Å². The first kappa shape index (κ1) is 31.2. The second-order valence-electron chi connectivity index (χ2n) is 9.79. The van der Waals surface area contributed by atoms with Crippen LogP contribution in [0.2, 0.25) is 10.0 Å². The lowest BCUT2D eigenvalue weighted by molar-refractivity contribution is 0.00429. The third-order valence-corrected chi connectivity index (χ3v) is 7.31. The minimum absolute atomic E-state index is 0.0421. The van der Waals surface area contributed by atoms with E-state index in [-0.39, 0.29) is 12.1 Å². The Bertz CT molecular complexity index is 1550. The maximum absolute atomic E-state index is 14.2. The van der Waals surface area contributed by atoms with Gasteiger partial charge in [-0.3, -0.25) is 0 Å². The van der Waals surface area contributed by atoms with Gasteiger partial charge in [-0.2, -0.15) is 10.2 Å². The van der Waals surface area contributed by atoms with Crippen LogP contribution >= 0.6 is 23.2 Å². The van der Waals surface area contributed by atoms with Crippen LogP contribution in [0.4, 0.5) is 8.78 Å². The van der Waals surface area contributed by atoms with Gasteiger partial charge in [0.1, 0.15) is 48.1 Å².